The van der Waals surface area contributed by atoms with Crippen LogP contribution in [0.4, 0.5) is 4.39 Å². The molecule has 1 amide bonds. The van der Waals surface area contributed by atoms with E-state index in [1.54, 1.807) is 26.0 Å². The molecule has 5 heteroatoms. The second-order valence-corrected chi connectivity index (χ2v) is 5.54. The van der Waals surface area contributed by atoms with Gasteiger partial charge in [-0.2, -0.15) is 0 Å². The van der Waals surface area contributed by atoms with Crippen LogP contribution in [0.3, 0.4) is 0 Å². The van der Waals surface area contributed by atoms with Crippen LogP contribution in [0, 0.1) is 5.82 Å². The predicted octanol–water partition coefficient (Wildman–Crippen LogP) is 2.97. The number of hydrogen-bond donors (Lipinski definition) is 2. The fourth-order valence-electron chi connectivity index (χ4n) is 1.72. The second kappa shape index (κ2) is 6.58. The van der Waals surface area contributed by atoms with Gasteiger partial charge in [-0.15, -0.1) is 0 Å². The van der Waals surface area contributed by atoms with Crippen LogP contribution in [0.2, 0.25) is 0 Å². The molecule has 2 rings (SSSR count). The van der Waals surface area contributed by atoms with Gasteiger partial charge in [-0.3, -0.25) is 10.1 Å². The maximum Gasteiger partial charge on any atom is 0.237 e. The number of halogens is 1. The number of carbonyl (C=O) groups is 1. The lowest BCUT2D eigenvalue weighted by molar-refractivity contribution is -0.123. The molecule has 0 spiro atoms. The molecule has 2 aromatic rings. The van der Waals surface area contributed by atoms with Crippen molar-refractivity contribution in [3.8, 4) is 11.5 Å². The first-order valence-corrected chi connectivity index (χ1v) is 6.94. The highest BCUT2D eigenvalue weighted by molar-refractivity contribution is 5.83. The molecule has 0 aliphatic heterocycles. The van der Waals surface area contributed by atoms with Crippen molar-refractivity contribution in [1.29, 1.82) is 0 Å². The van der Waals surface area contributed by atoms with Gasteiger partial charge in [0.25, 0.3) is 0 Å². The third kappa shape index (κ3) is 4.30. The third-order valence-electron chi connectivity index (χ3n) is 3.32. The van der Waals surface area contributed by atoms with E-state index >= 15 is 0 Å². The maximum atomic E-state index is 12.8. The first-order valence-electron chi connectivity index (χ1n) is 6.94. The minimum absolute atomic E-state index is 0.300. The van der Waals surface area contributed by atoms with Crippen LogP contribution in [0.25, 0.3) is 0 Å². The predicted molar refractivity (Wildman–Crippen MR) is 83.0 cm³/mol. The maximum absolute atomic E-state index is 12.8. The van der Waals surface area contributed by atoms with Gasteiger partial charge in [-0.25, -0.2) is 4.39 Å². The van der Waals surface area contributed by atoms with Crippen LogP contribution in [0.1, 0.15) is 19.4 Å². The first kappa shape index (κ1) is 16.0. The van der Waals surface area contributed by atoms with E-state index in [9.17, 15) is 9.18 Å². The van der Waals surface area contributed by atoms with Gasteiger partial charge < -0.3 is 10.5 Å². The number of nitrogens with one attached hydrogen (secondary N) is 1. The SMILES string of the molecule is CC(C)(NCc1ccc(Oc2ccc(F)cc2)cc1)C(N)=O. The molecule has 116 valence electrons. The number of benzene rings is 2. The van der Waals surface area contributed by atoms with Gasteiger partial charge in [0.1, 0.15) is 17.3 Å². The molecule has 2 aromatic carbocycles. The number of carbonyl (C=O) groups excluding carboxylic acids is 1. The fraction of sp³-hybridized carbons (Fsp3) is 0.235. The van der Waals surface area contributed by atoms with Gasteiger partial charge >= 0.3 is 0 Å². The van der Waals surface area contributed by atoms with Crippen molar-refractivity contribution in [1.82, 2.24) is 5.32 Å². The number of ether oxygens (including phenoxy) is 1. The van der Waals surface area contributed by atoms with E-state index in [4.69, 9.17) is 10.5 Å². The molecule has 0 aliphatic carbocycles. The van der Waals surface area contributed by atoms with E-state index in [0.717, 1.165) is 5.56 Å². The number of hydrogen-bond acceptors (Lipinski definition) is 3. The molecule has 0 atom stereocenters. The van der Waals surface area contributed by atoms with Crippen molar-refractivity contribution in [3.63, 3.8) is 0 Å². The lowest BCUT2D eigenvalue weighted by atomic mass is 10.0. The molecule has 0 saturated heterocycles. The molecule has 0 aromatic heterocycles. The smallest absolute Gasteiger partial charge is 0.237 e. The Kier molecular flexibility index (Phi) is 4.78. The molecule has 0 aliphatic rings. The van der Waals surface area contributed by atoms with E-state index in [1.165, 1.54) is 12.1 Å². The van der Waals surface area contributed by atoms with E-state index in [-0.39, 0.29) is 5.82 Å². The quantitative estimate of drug-likeness (QED) is 0.862. The van der Waals surface area contributed by atoms with Gasteiger partial charge in [-0.05, 0) is 55.8 Å². The highest BCUT2D eigenvalue weighted by Gasteiger charge is 2.23. The van der Waals surface area contributed by atoms with Crippen molar-refractivity contribution in [2.24, 2.45) is 5.73 Å². The lowest BCUT2D eigenvalue weighted by Crippen LogP contribution is -2.50. The number of amides is 1. The minimum Gasteiger partial charge on any atom is -0.457 e. The normalized spacial score (nSPS) is 11.2. The van der Waals surface area contributed by atoms with E-state index in [2.05, 4.69) is 5.32 Å². The van der Waals surface area contributed by atoms with Gasteiger partial charge in [0.05, 0.1) is 5.54 Å². The summed E-state index contributed by atoms with van der Waals surface area (Å²) < 4.78 is 18.4. The average Bonchev–Trinajstić information content (AvgIpc) is 2.49. The number of rotatable bonds is 6. The van der Waals surface area contributed by atoms with E-state index in [0.29, 0.717) is 18.0 Å². The Hall–Kier alpha value is -2.40. The summed E-state index contributed by atoms with van der Waals surface area (Å²) in [5.74, 6) is 0.529. The highest BCUT2D eigenvalue weighted by Crippen LogP contribution is 2.22. The van der Waals surface area contributed by atoms with E-state index in [1.807, 2.05) is 24.3 Å². The molecule has 3 N–H and O–H groups in total. The zero-order chi connectivity index (χ0) is 16.2. The number of primary amides is 1. The van der Waals surface area contributed by atoms with Crippen molar-refractivity contribution in [2.45, 2.75) is 25.9 Å². The monoisotopic (exact) mass is 302 g/mol. The summed E-state index contributed by atoms with van der Waals surface area (Å²) in [4.78, 5) is 11.2. The molecule has 0 fully saturated rings. The van der Waals surface area contributed by atoms with Crippen molar-refractivity contribution < 1.29 is 13.9 Å². The summed E-state index contributed by atoms with van der Waals surface area (Å²) in [6, 6.07) is 13.3. The minimum atomic E-state index is -0.761. The topological polar surface area (TPSA) is 64.3 Å². The van der Waals surface area contributed by atoms with Crippen LogP contribution in [-0.2, 0) is 11.3 Å². The summed E-state index contributed by atoms with van der Waals surface area (Å²) in [5.41, 5.74) is 5.55. The molecule has 0 radical (unpaired) electrons. The standard InChI is InChI=1S/C17H19FN2O2/c1-17(2,16(19)21)20-11-12-3-7-14(8-4-12)22-15-9-5-13(18)6-10-15/h3-10,20H,11H2,1-2H3,(H2,19,21). The van der Waals surface area contributed by atoms with Gasteiger partial charge in [0.15, 0.2) is 0 Å². The van der Waals surface area contributed by atoms with Crippen LogP contribution in [0.5, 0.6) is 11.5 Å². The van der Waals surface area contributed by atoms with Gasteiger partial charge in [-0.1, -0.05) is 12.1 Å². The summed E-state index contributed by atoms with van der Waals surface area (Å²) in [5, 5.41) is 3.09. The molecule has 4 nitrogen and oxygen atoms in total. The van der Waals surface area contributed by atoms with Crippen LogP contribution < -0.4 is 15.8 Å². The molecule has 0 unspecified atom stereocenters. The molecule has 0 bridgehead atoms. The number of nitrogens with two attached hydrogens (primary N) is 1. The average molecular weight is 302 g/mol. The zero-order valence-electron chi connectivity index (χ0n) is 12.6. The highest BCUT2D eigenvalue weighted by atomic mass is 19.1. The van der Waals surface area contributed by atoms with Crippen molar-refractivity contribution >= 4 is 5.91 Å². The Bertz CT molecular complexity index is 637. The largest absolute Gasteiger partial charge is 0.457 e. The molecular weight excluding hydrogens is 283 g/mol. The Balaban J connectivity index is 1.95. The van der Waals surface area contributed by atoms with Crippen molar-refractivity contribution in [3.05, 3.63) is 59.9 Å². The Labute approximate surface area is 129 Å². The summed E-state index contributed by atoms with van der Waals surface area (Å²) in [6.45, 7) is 4.00. The van der Waals surface area contributed by atoms with Crippen LogP contribution >= 0.6 is 0 Å². The molecular formula is C17H19FN2O2. The fourth-order valence-corrected chi connectivity index (χ4v) is 1.72. The van der Waals surface area contributed by atoms with Gasteiger partial charge in [0.2, 0.25) is 5.91 Å². The summed E-state index contributed by atoms with van der Waals surface area (Å²) in [6.07, 6.45) is 0. The third-order valence-corrected chi connectivity index (χ3v) is 3.32. The Morgan fingerprint density at radius 2 is 1.59 bits per heavy atom. The lowest BCUT2D eigenvalue weighted by Gasteiger charge is -2.22. The van der Waals surface area contributed by atoms with E-state index < -0.39 is 11.4 Å². The summed E-state index contributed by atoms with van der Waals surface area (Å²) >= 11 is 0. The van der Waals surface area contributed by atoms with Crippen LogP contribution in [-0.4, -0.2) is 11.4 Å². The Morgan fingerprint density at radius 3 is 2.09 bits per heavy atom. The molecule has 0 heterocycles. The molecule has 0 saturated carbocycles. The first-order chi connectivity index (χ1) is 10.4. The molecule has 22 heavy (non-hydrogen) atoms. The van der Waals surface area contributed by atoms with Gasteiger partial charge in [0, 0.05) is 6.54 Å². The van der Waals surface area contributed by atoms with Crippen molar-refractivity contribution in [2.75, 3.05) is 0 Å². The summed E-state index contributed by atoms with van der Waals surface area (Å²) in [7, 11) is 0. The van der Waals surface area contributed by atoms with Crippen LogP contribution in [0.15, 0.2) is 48.5 Å². The second-order valence-electron chi connectivity index (χ2n) is 5.54. The Morgan fingerprint density at radius 1 is 1.09 bits per heavy atom. The zero-order valence-corrected chi connectivity index (χ0v) is 12.6.